The third-order valence-corrected chi connectivity index (χ3v) is 4.43. The van der Waals surface area contributed by atoms with E-state index in [0.29, 0.717) is 11.6 Å². The van der Waals surface area contributed by atoms with Gasteiger partial charge in [-0.15, -0.1) is 0 Å². The highest BCUT2D eigenvalue weighted by atomic mass is 19.1. The summed E-state index contributed by atoms with van der Waals surface area (Å²) in [4.78, 5) is 8.65. The molecule has 0 bridgehead atoms. The average molecular weight is 337 g/mol. The molecule has 1 heterocycles. The number of aryl methyl sites for hydroxylation is 2. The van der Waals surface area contributed by atoms with Crippen LogP contribution in [0.1, 0.15) is 30.0 Å². The van der Waals surface area contributed by atoms with Crippen LogP contribution in [0.5, 0.6) is 0 Å². The first-order chi connectivity index (χ1) is 12.1. The van der Waals surface area contributed by atoms with Gasteiger partial charge in [0.15, 0.2) is 0 Å². The van der Waals surface area contributed by atoms with E-state index < -0.39 is 0 Å². The Hall–Kier alpha value is -2.33. The molecule has 1 aromatic heterocycles. The van der Waals surface area contributed by atoms with Crippen molar-refractivity contribution < 1.29 is 4.39 Å². The van der Waals surface area contributed by atoms with E-state index in [0.717, 1.165) is 36.8 Å². The molecule has 0 aliphatic carbocycles. The normalized spacial score (nSPS) is 12.4. The van der Waals surface area contributed by atoms with Crippen LogP contribution >= 0.6 is 0 Å². The summed E-state index contributed by atoms with van der Waals surface area (Å²) >= 11 is 0. The molecule has 1 atom stereocenters. The molecule has 3 aromatic rings. The molecule has 3 rings (SSSR count). The number of fused-ring (bicyclic) bond motifs is 1. The number of hydrogen-bond acceptors (Lipinski definition) is 3. The Balaban J connectivity index is 1.44. The van der Waals surface area contributed by atoms with Crippen molar-refractivity contribution >= 4 is 11.0 Å². The van der Waals surface area contributed by atoms with Gasteiger partial charge in [-0.25, -0.2) is 4.39 Å². The van der Waals surface area contributed by atoms with Crippen LogP contribution in [-0.2, 0) is 12.8 Å². The van der Waals surface area contributed by atoms with E-state index in [2.05, 4.69) is 34.3 Å². The molecule has 0 saturated carbocycles. The van der Waals surface area contributed by atoms with Gasteiger partial charge in [0.05, 0.1) is 11.0 Å². The fourth-order valence-corrected chi connectivity index (χ4v) is 3.06. The SMILES string of the molecule is Cc1cc(CC(C)NCCCc2ccc3nccnc3c2)ccc1F. The summed E-state index contributed by atoms with van der Waals surface area (Å²) in [7, 11) is 0. The zero-order chi connectivity index (χ0) is 17.6. The Labute approximate surface area is 148 Å². The van der Waals surface area contributed by atoms with E-state index in [9.17, 15) is 4.39 Å². The summed E-state index contributed by atoms with van der Waals surface area (Å²) in [5.41, 5.74) is 5.06. The minimum Gasteiger partial charge on any atom is -0.314 e. The topological polar surface area (TPSA) is 37.8 Å². The van der Waals surface area contributed by atoms with Crippen LogP contribution in [0, 0.1) is 12.7 Å². The van der Waals surface area contributed by atoms with Gasteiger partial charge in [0, 0.05) is 18.4 Å². The van der Waals surface area contributed by atoms with E-state index in [1.54, 1.807) is 18.5 Å². The van der Waals surface area contributed by atoms with E-state index in [1.165, 1.54) is 11.1 Å². The molecule has 0 saturated heterocycles. The molecule has 3 nitrogen and oxygen atoms in total. The van der Waals surface area contributed by atoms with E-state index >= 15 is 0 Å². The number of benzene rings is 2. The third kappa shape index (κ3) is 4.83. The molecule has 0 aliphatic heterocycles. The quantitative estimate of drug-likeness (QED) is 0.656. The van der Waals surface area contributed by atoms with Crippen LogP contribution in [0.3, 0.4) is 0 Å². The summed E-state index contributed by atoms with van der Waals surface area (Å²) in [6, 6.07) is 12.0. The van der Waals surface area contributed by atoms with Crippen LogP contribution in [0.4, 0.5) is 4.39 Å². The summed E-state index contributed by atoms with van der Waals surface area (Å²) in [5.74, 6) is -0.135. The molecule has 0 aliphatic rings. The number of hydrogen-bond donors (Lipinski definition) is 1. The summed E-state index contributed by atoms with van der Waals surface area (Å²) in [5, 5.41) is 3.55. The van der Waals surface area contributed by atoms with Crippen LogP contribution in [0.15, 0.2) is 48.8 Å². The Bertz CT molecular complexity index is 847. The molecule has 0 radical (unpaired) electrons. The molecule has 0 fully saturated rings. The monoisotopic (exact) mass is 337 g/mol. The van der Waals surface area contributed by atoms with E-state index in [4.69, 9.17) is 0 Å². The van der Waals surface area contributed by atoms with Crippen molar-refractivity contribution in [3.05, 3.63) is 71.3 Å². The van der Waals surface area contributed by atoms with Crippen molar-refractivity contribution in [2.24, 2.45) is 0 Å². The van der Waals surface area contributed by atoms with Gasteiger partial charge >= 0.3 is 0 Å². The van der Waals surface area contributed by atoms with Crippen LogP contribution in [-0.4, -0.2) is 22.6 Å². The van der Waals surface area contributed by atoms with Crippen LogP contribution in [0.25, 0.3) is 11.0 Å². The van der Waals surface area contributed by atoms with E-state index in [-0.39, 0.29) is 5.82 Å². The molecule has 1 unspecified atom stereocenters. The number of halogens is 1. The Morgan fingerprint density at radius 2 is 1.76 bits per heavy atom. The fourth-order valence-electron chi connectivity index (χ4n) is 3.06. The highest BCUT2D eigenvalue weighted by molar-refractivity contribution is 5.74. The van der Waals surface area contributed by atoms with Crippen molar-refractivity contribution in [1.29, 1.82) is 0 Å². The Kier molecular flexibility index (Phi) is 5.71. The maximum absolute atomic E-state index is 13.3. The van der Waals surface area contributed by atoms with Gasteiger partial charge in [-0.05, 0) is 74.5 Å². The second kappa shape index (κ2) is 8.17. The van der Waals surface area contributed by atoms with Crippen molar-refractivity contribution in [3.63, 3.8) is 0 Å². The van der Waals surface area contributed by atoms with Gasteiger partial charge in [0.2, 0.25) is 0 Å². The largest absolute Gasteiger partial charge is 0.314 e. The maximum atomic E-state index is 13.3. The van der Waals surface area contributed by atoms with Crippen molar-refractivity contribution in [1.82, 2.24) is 15.3 Å². The summed E-state index contributed by atoms with van der Waals surface area (Å²) < 4.78 is 13.3. The van der Waals surface area contributed by atoms with Crippen molar-refractivity contribution in [2.75, 3.05) is 6.54 Å². The van der Waals surface area contributed by atoms with Gasteiger partial charge in [-0.3, -0.25) is 9.97 Å². The molecular weight excluding hydrogens is 313 g/mol. The predicted molar refractivity (Wildman–Crippen MR) is 100 cm³/mol. The highest BCUT2D eigenvalue weighted by Gasteiger charge is 2.05. The van der Waals surface area contributed by atoms with Gasteiger partial charge in [-0.2, -0.15) is 0 Å². The smallest absolute Gasteiger partial charge is 0.126 e. The van der Waals surface area contributed by atoms with Crippen molar-refractivity contribution in [2.45, 2.75) is 39.2 Å². The first kappa shape index (κ1) is 17.5. The van der Waals surface area contributed by atoms with Gasteiger partial charge in [0.1, 0.15) is 5.82 Å². The molecule has 130 valence electrons. The molecular formula is C21H24FN3. The fraction of sp³-hybridized carbons (Fsp3) is 0.333. The molecule has 25 heavy (non-hydrogen) atoms. The second-order valence-corrected chi connectivity index (χ2v) is 6.63. The number of rotatable bonds is 7. The van der Waals surface area contributed by atoms with Gasteiger partial charge < -0.3 is 5.32 Å². The zero-order valence-corrected chi connectivity index (χ0v) is 14.8. The average Bonchev–Trinajstić information content (AvgIpc) is 2.62. The van der Waals surface area contributed by atoms with Crippen LogP contribution in [0.2, 0.25) is 0 Å². The minimum atomic E-state index is -0.135. The van der Waals surface area contributed by atoms with E-state index in [1.807, 2.05) is 25.1 Å². The number of aromatic nitrogens is 2. The molecule has 0 amide bonds. The van der Waals surface area contributed by atoms with Crippen LogP contribution < -0.4 is 5.32 Å². The third-order valence-electron chi connectivity index (χ3n) is 4.43. The number of nitrogens with zero attached hydrogens (tertiary/aromatic N) is 2. The first-order valence-electron chi connectivity index (χ1n) is 8.80. The molecule has 2 aromatic carbocycles. The zero-order valence-electron chi connectivity index (χ0n) is 14.8. The molecule has 1 N–H and O–H groups in total. The van der Waals surface area contributed by atoms with Gasteiger partial charge in [0.25, 0.3) is 0 Å². The lowest BCUT2D eigenvalue weighted by Gasteiger charge is -2.14. The summed E-state index contributed by atoms with van der Waals surface area (Å²) in [6.07, 6.45) is 6.44. The Morgan fingerprint density at radius 3 is 2.56 bits per heavy atom. The standard InChI is InChI=1S/C21H24FN3/c1-15-12-18(5-7-19(15)22)13-16(2)23-9-3-4-17-6-8-20-21(14-17)25-11-10-24-20/h5-8,10-12,14,16,23H,3-4,9,13H2,1-2H3. The summed E-state index contributed by atoms with van der Waals surface area (Å²) in [6.45, 7) is 4.94. The second-order valence-electron chi connectivity index (χ2n) is 6.63. The van der Waals surface area contributed by atoms with Gasteiger partial charge in [-0.1, -0.05) is 18.2 Å². The number of nitrogens with one attached hydrogen (secondary N) is 1. The lowest BCUT2D eigenvalue weighted by Crippen LogP contribution is -2.29. The molecule has 4 heteroatoms. The first-order valence-corrected chi connectivity index (χ1v) is 8.80. The lowest BCUT2D eigenvalue weighted by atomic mass is 10.0. The Morgan fingerprint density at radius 1 is 1.00 bits per heavy atom. The predicted octanol–water partition coefficient (Wildman–Crippen LogP) is 4.23. The molecule has 0 spiro atoms. The highest BCUT2D eigenvalue weighted by Crippen LogP contribution is 2.13. The maximum Gasteiger partial charge on any atom is 0.126 e. The minimum absolute atomic E-state index is 0.135. The van der Waals surface area contributed by atoms with Crippen molar-refractivity contribution in [3.8, 4) is 0 Å². The lowest BCUT2D eigenvalue weighted by molar-refractivity contribution is 0.533.